The van der Waals surface area contributed by atoms with Crippen LogP contribution >= 0.6 is 0 Å². The summed E-state index contributed by atoms with van der Waals surface area (Å²) < 4.78 is 20.4. The molecule has 4 rings (SSSR count). The third kappa shape index (κ3) is 4.68. The Morgan fingerprint density at radius 1 is 1.29 bits per heavy atom. The zero-order valence-electron chi connectivity index (χ0n) is 18.2. The molecule has 1 unspecified atom stereocenters. The van der Waals surface area contributed by atoms with E-state index in [1.54, 1.807) is 13.1 Å². The normalized spacial score (nSPS) is 21.1. The van der Waals surface area contributed by atoms with Gasteiger partial charge in [0.15, 0.2) is 5.82 Å². The van der Waals surface area contributed by atoms with E-state index in [2.05, 4.69) is 20.3 Å². The third-order valence-corrected chi connectivity index (χ3v) is 5.54. The zero-order chi connectivity index (χ0) is 22.0. The zero-order valence-corrected chi connectivity index (χ0v) is 18.2. The van der Waals surface area contributed by atoms with Crippen LogP contribution in [0, 0.1) is 0 Å². The van der Waals surface area contributed by atoms with Crippen molar-refractivity contribution in [3.63, 3.8) is 0 Å². The number of halogens is 1. The maximum atomic E-state index is 14.6. The Morgan fingerprint density at radius 2 is 2.06 bits per heavy atom. The lowest BCUT2D eigenvalue weighted by Crippen LogP contribution is -2.28. The van der Waals surface area contributed by atoms with E-state index in [0.717, 1.165) is 18.4 Å². The van der Waals surface area contributed by atoms with E-state index < -0.39 is 5.67 Å². The minimum atomic E-state index is -1.29. The van der Waals surface area contributed by atoms with Crippen LogP contribution in [0.1, 0.15) is 67.7 Å². The molecule has 2 aliphatic heterocycles. The molecule has 0 aromatic carbocycles. The summed E-state index contributed by atoms with van der Waals surface area (Å²) in [5, 5.41) is 2.98. The minimum absolute atomic E-state index is 0.175. The molecule has 1 atom stereocenters. The van der Waals surface area contributed by atoms with Crippen LogP contribution in [0.2, 0.25) is 0 Å². The highest BCUT2D eigenvalue weighted by atomic mass is 19.1. The van der Waals surface area contributed by atoms with Gasteiger partial charge in [-0.25, -0.2) is 19.3 Å². The molecular formula is C23H28FN5O2. The molecule has 0 aliphatic carbocycles. The summed E-state index contributed by atoms with van der Waals surface area (Å²) in [5.74, 6) is 1.76. The number of rotatable bonds is 5. The minimum Gasteiger partial charge on any atom is -0.493 e. The summed E-state index contributed by atoms with van der Waals surface area (Å²) in [6, 6.07) is 1.82. The molecule has 0 saturated carbocycles. The van der Waals surface area contributed by atoms with E-state index >= 15 is 0 Å². The molecule has 0 bridgehead atoms. The number of nitrogens with one attached hydrogen (secondary N) is 1. The molecule has 4 heterocycles. The lowest BCUT2D eigenvalue weighted by molar-refractivity contribution is 0.102. The number of ether oxygens (including phenoxy) is 1. The largest absolute Gasteiger partial charge is 0.493 e. The molecule has 1 N–H and O–H groups in total. The van der Waals surface area contributed by atoms with Gasteiger partial charge in [0.05, 0.1) is 24.4 Å². The Morgan fingerprint density at radius 3 is 2.68 bits per heavy atom. The van der Waals surface area contributed by atoms with Crippen molar-refractivity contribution in [2.45, 2.75) is 51.6 Å². The van der Waals surface area contributed by atoms with Crippen molar-refractivity contribution in [2.24, 2.45) is 0 Å². The maximum absolute atomic E-state index is 14.6. The van der Waals surface area contributed by atoms with Crippen molar-refractivity contribution < 1.29 is 13.9 Å². The number of alkyl halides is 1. The summed E-state index contributed by atoms with van der Waals surface area (Å²) in [5.41, 5.74) is 0.317. The van der Waals surface area contributed by atoms with Crippen LogP contribution < -0.4 is 10.2 Å². The molecule has 7 nitrogen and oxygen atoms in total. The Hall–Kier alpha value is -3.03. The van der Waals surface area contributed by atoms with E-state index in [0.29, 0.717) is 48.2 Å². The number of anilines is 2. The number of carbonyl (C=O) groups excluding carboxylic acids is 1. The molecule has 2 aliphatic rings. The molecule has 1 saturated heterocycles. The predicted molar refractivity (Wildman–Crippen MR) is 118 cm³/mol. The molecule has 164 valence electrons. The second-order valence-corrected chi connectivity index (χ2v) is 8.64. The van der Waals surface area contributed by atoms with E-state index in [-0.39, 0.29) is 18.4 Å². The van der Waals surface area contributed by atoms with Gasteiger partial charge < -0.3 is 15.0 Å². The number of carbonyl (C=O) groups is 1. The first-order valence-corrected chi connectivity index (χ1v) is 10.7. The first-order chi connectivity index (χ1) is 14.8. The monoisotopic (exact) mass is 425 g/mol. The molecule has 31 heavy (non-hydrogen) atoms. The fourth-order valence-electron chi connectivity index (χ4n) is 3.81. The predicted octanol–water partition coefficient (Wildman–Crippen LogP) is 4.34. The van der Waals surface area contributed by atoms with Gasteiger partial charge in [0.2, 0.25) is 0 Å². The highest BCUT2D eigenvalue weighted by Gasteiger charge is 2.36. The van der Waals surface area contributed by atoms with Gasteiger partial charge in [0.1, 0.15) is 17.3 Å². The van der Waals surface area contributed by atoms with Crippen LogP contribution in [0.4, 0.5) is 15.9 Å². The van der Waals surface area contributed by atoms with Gasteiger partial charge in [-0.05, 0) is 31.9 Å². The number of allylic oxidation sites excluding steroid dienone is 1. The molecule has 2 aromatic rings. The lowest BCUT2D eigenvalue weighted by Gasteiger charge is -2.25. The molecule has 8 heteroatoms. The summed E-state index contributed by atoms with van der Waals surface area (Å²) in [4.78, 5) is 28.0. The van der Waals surface area contributed by atoms with Crippen molar-refractivity contribution in [2.75, 3.05) is 29.9 Å². The van der Waals surface area contributed by atoms with Crippen LogP contribution in [0.3, 0.4) is 0 Å². The first kappa shape index (κ1) is 21.2. The van der Waals surface area contributed by atoms with E-state index in [9.17, 15) is 9.18 Å². The van der Waals surface area contributed by atoms with Gasteiger partial charge in [0.25, 0.3) is 5.91 Å². The van der Waals surface area contributed by atoms with Crippen LogP contribution in [-0.2, 0) is 4.74 Å². The van der Waals surface area contributed by atoms with Gasteiger partial charge in [-0.3, -0.25) is 4.79 Å². The molecule has 0 radical (unpaired) electrons. The number of hydrogen-bond acceptors (Lipinski definition) is 6. The molecule has 1 amide bonds. The van der Waals surface area contributed by atoms with E-state index in [1.165, 1.54) is 12.4 Å². The maximum Gasteiger partial charge on any atom is 0.258 e. The second kappa shape index (κ2) is 8.61. The SMILES string of the molecule is CC(C)c1ncc(C(=O)Nc2c(C3=CCCCO3)ccnc2N2CCC(C)(F)C2)cn1. The Labute approximate surface area is 181 Å². The Bertz CT molecular complexity index is 988. The average molecular weight is 426 g/mol. The van der Waals surface area contributed by atoms with Crippen molar-refractivity contribution in [3.8, 4) is 0 Å². The van der Waals surface area contributed by atoms with Crippen LogP contribution in [0.15, 0.2) is 30.7 Å². The molecular weight excluding hydrogens is 397 g/mol. The smallest absolute Gasteiger partial charge is 0.258 e. The van der Waals surface area contributed by atoms with Crippen LogP contribution in [0.5, 0.6) is 0 Å². The summed E-state index contributed by atoms with van der Waals surface area (Å²) in [7, 11) is 0. The summed E-state index contributed by atoms with van der Waals surface area (Å²) in [6.45, 7) is 6.95. The Balaban J connectivity index is 1.69. The highest BCUT2D eigenvalue weighted by molar-refractivity contribution is 6.07. The van der Waals surface area contributed by atoms with Crippen molar-refractivity contribution in [1.29, 1.82) is 0 Å². The number of nitrogens with zero attached hydrogens (tertiary/aromatic N) is 4. The fourth-order valence-corrected chi connectivity index (χ4v) is 3.81. The summed E-state index contributed by atoms with van der Waals surface area (Å²) >= 11 is 0. The highest BCUT2D eigenvalue weighted by Crippen LogP contribution is 2.38. The quantitative estimate of drug-likeness (QED) is 0.768. The number of amides is 1. The Kier molecular flexibility index (Phi) is 5.89. The number of aromatic nitrogens is 3. The summed E-state index contributed by atoms with van der Waals surface area (Å²) in [6.07, 6.45) is 9.01. The van der Waals surface area contributed by atoms with Gasteiger partial charge in [-0.15, -0.1) is 0 Å². The van der Waals surface area contributed by atoms with Crippen LogP contribution in [-0.4, -0.2) is 46.2 Å². The average Bonchev–Trinajstić information content (AvgIpc) is 3.14. The fraction of sp³-hybridized carbons (Fsp3) is 0.478. The number of pyridine rings is 1. The van der Waals surface area contributed by atoms with E-state index in [1.807, 2.05) is 30.9 Å². The van der Waals surface area contributed by atoms with Crippen molar-refractivity contribution in [3.05, 3.63) is 47.7 Å². The van der Waals surface area contributed by atoms with Gasteiger partial charge in [0, 0.05) is 43.0 Å². The standard InChI is InChI=1S/C23H28FN5O2/c1-15(2)20-26-12-16(13-27-20)22(30)28-19-17(18-6-4-5-11-31-18)7-9-25-21(19)29-10-8-23(3,24)14-29/h6-7,9,12-13,15H,4-5,8,10-11,14H2,1-3H3,(H,28,30). The molecule has 2 aromatic heterocycles. The van der Waals surface area contributed by atoms with Gasteiger partial charge >= 0.3 is 0 Å². The van der Waals surface area contributed by atoms with Gasteiger partial charge in [-0.1, -0.05) is 13.8 Å². The lowest BCUT2D eigenvalue weighted by atomic mass is 10.1. The van der Waals surface area contributed by atoms with Gasteiger partial charge in [-0.2, -0.15) is 0 Å². The molecule has 1 fully saturated rings. The van der Waals surface area contributed by atoms with Crippen molar-refractivity contribution >= 4 is 23.2 Å². The number of hydrogen-bond donors (Lipinski definition) is 1. The van der Waals surface area contributed by atoms with Crippen molar-refractivity contribution in [1.82, 2.24) is 15.0 Å². The topological polar surface area (TPSA) is 80.2 Å². The first-order valence-electron chi connectivity index (χ1n) is 10.7. The second-order valence-electron chi connectivity index (χ2n) is 8.64. The molecule has 0 spiro atoms. The third-order valence-electron chi connectivity index (χ3n) is 5.54. The van der Waals surface area contributed by atoms with E-state index in [4.69, 9.17) is 4.74 Å². The van der Waals surface area contributed by atoms with Crippen LogP contribution in [0.25, 0.3) is 5.76 Å².